The summed E-state index contributed by atoms with van der Waals surface area (Å²) in [6.45, 7) is 0. The maximum Gasteiger partial charge on any atom is 0.168 e. The Morgan fingerprint density at radius 2 is 2.00 bits per heavy atom. The van der Waals surface area contributed by atoms with Crippen LogP contribution in [0.1, 0.15) is 12.0 Å². The smallest absolute Gasteiger partial charge is 0.168 e. The molecule has 15 heavy (non-hydrogen) atoms. The molecule has 0 aromatic heterocycles. The van der Waals surface area contributed by atoms with Gasteiger partial charge >= 0.3 is 0 Å². The van der Waals surface area contributed by atoms with E-state index in [-0.39, 0.29) is 0 Å². The van der Waals surface area contributed by atoms with Crippen molar-refractivity contribution in [3.8, 4) is 11.5 Å². The molecule has 2 heteroatoms. The maximum atomic E-state index is 5.38. The number of para-hydroxylation sites is 1. The Kier molecular flexibility index (Phi) is 2.77. The van der Waals surface area contributed by atoms with Crippen molar-refractivity contribution >= 4 is 5.57 Å². The third-order valence-electron chi connectivity index (χ3n) is 2.49. The van der Waals surface area contributed by atoms with Crippen molar-refractivity contribution in [2.75, 3.05) is 14.2 Å². The minimum Gasteiger partial charge on any atom is -0.493 e. The van der Waals surface area contributed by atoms with Gasteiger partial charge in [0.2, 0.25) is 0 Å². The van der Waals surface area contributed by atoms with Crippen molar-refractivity contribution in [3.63, 3.8) is 0 Å². The third kappa shape index (κ3) is 1.75. The molecule has 2 rings (SSSR count). The topological polar surface area (TPSA) is 18.5 Å². The lowest BCUT2D eigenvalue weighted by Gasteiger charge is -2.12. The molecule has 0 fully saturated rings. The molecule has 0 atom stereocenters. The summed E-state index contributed by atoms with van der Waals surface area (Å²) in [5.41, 5.74) is 2.29. The average molecular weight is 202 g/mol. The molecule has 0 bridgehead atoms. The van der Waals surface area contributed by atoms with E-state index in [1.165, 1.54) is 5.57 Å². The van der Waals surface area contributed by atoms with Gasteiger partial charge in [-0.25, -0.2) is 0 Å². The molecule has 0 N–H and O–H groups in total. The van der Waals surface area contributed by atoms with Crippen LogP contribution in [0.5, 0.6) is 11.5 Å². The van der Waals surface area contributed by atoms with Gasteiger partial charge in [0, 0.05) is 5.56 Å². The SMILES string of the molecule is COc1cccc(C2=CCC=C2)c1OC. The van der Waals surface area contributed by atoms with Crippen molar-refractivity contribution in [1.82, 2.24) is 0 Å². The van der Waals surface area contributed by atoms with Gasteiger partial charge in [-0.3, -0.25) is 0 Å². The van der Waals surface area contributed by atoms with E-state index >= 15 is 0 Å². The molecule has 0 amide bonds. The van der Waals surface area contributed by atoms with Crippen molar-refractivity contribution in [2.24, 2.45) is 0 Å². The van der Waals surface area contributed by atoms with Gasteiger partial charge in [-0.1, -0.05) is 30.4 Å². The molecule has 0 saturated carbocycles. The van der Waals surface area contributed by atoms with Gasteiger partial charge in [-0.15, -0.1) is 0 Å². The zero-order chi connectivity index (χ0) is 10.7. The monoisotopic (exact) mass is 202 g/mol. The Balaban J connectivity index is 2.50. The first-order chi connectivity index (χ1) is 7.36. The fraction of sp³-hybridized carbons (Fsp3) is 0.231. The number of methoxy groups -OCH3 is 2. The molecule has 0 radical (unpaired) electrons. The highest BCUT2D eigenvalue weighted by Crippen LogP contribution is 2.36. The second-order valence-electron chi connectivity index (χ2n) is 3.34. The summed E-state index contributed by atoms with van der Waals surface area (Å²) in [6.07, 6.45) is 7.42. The minimum atomic E-state index is 0.774. The number of hydrogen-bond donors (Lipinski definition) is 0. The predicted octanol–water partition coefficient (Wildman–Crippen LogP) is 3.05. The lowest BCUT2D eigenvalue weighted by molar-refractivity contribution is 0.354. The Labute approximate surface area is 89.8 Å². The summed E-state index contributed by atoms with van der Waals surface area (Å²) in [4.78, 5) is 0. The number of hydrogen-bond acceptors (Lipinski definition) is 2. The van der Waals surface area contributed by atoms with Crippen LogP contribution in [-0.2, 0) is 0 Å². The second-order valence-corrected chi connectivity index (χ2v) is 3.34. The Bertz CT molecular complexity index is 417. The molecule has 0 saturated heterocycles. The molecular formula is C13H14O2. The number of ether oxygens (including phenoxy) is 2. The zero-order valence-corrected chi connectivity index (χ0v) is 8.99. The summed E-state index contributed by atoms with van der Waals surface area (Å²) in [6, 6.07) is 5.92. The minimum absolute atomic E-state index is 0.774. The lowest BCUT2D eigenvalue weighted by Crippen LogP contribution is -1.94. The molecule has 1 aromatic rings. The van der Waals surface area contributed by atoms with Gasteiger partial charge in [0.15, 0.2) is 11.5 Å². The molecule has 2 nitrogen and oxygen atoms in total. The van der Waals surface area contributed by atoms with Gasteiger partial charge in [-0.2, -0.15) is 0 Å². The standard InChI is InChI=1S/C13H14O2/c1-14-12-9-5-8-11(13(12)15-2)10-6-3-4-7-10/h3,5-9H,4H2,1-2H3. The Morgan fingerprint density at radius 1 is 1.13 bits per heavy atom. The van der Waals surface area contributed by atoms with Crippen LogP contribution in [0, 0.1) is 0 Å². The van der Waals surface area contributed by atoms with Crippen molar-refractivity contribution in [3.05, 3.63) is 42.0 Å². The van der Waals surface area contributed by atoms with Gasteiger partial charge in [0.05, 0.1) is 14.2 Å². The van der Waals surface area contributed by atoms with Crippen molar-refractivity contribution in [2.45, 2.75) is 6.42 Å². The first-order valence-corrected chi connectivity index (χ1v) is 4.95. The summed E-state index contributed by atoms with van der Waals surface area (Å²) >= 11 is 0. The van der Waals surface area contributed by atoms with E-state index in [0.717, 1.165) is 23.5 Å². The van der Waals surface area contributed by atoms with Gasteiger partial charge in [0.25, 0.3) is 0 Å². The summed E-state index contributed by atoms with van der Waals surface area (Å²) < 4.78 is 10.6. The molecule has 1 aliphatic carbocycles. The van der Waals surface area contributed by atoms with Gasteiger partial charge < -0.3 is 9.47 Å². The van der Waals surface area contributed by atoms with Crippen LogP contribution in [0.15, 0.2) is 36.4 Å². The third-order valence-corrected chi connectivity index (χ3v) is 2.49. The van der Waals surface area contributed by atoms with E-state index in [9.17, 15) is 0 Å². The summed E-state index contributed by atoms with van der Waals surface area (Å²) in [5, 5.41) is 0. The average Bonchev–Trinajstić information content (AvgIpc) is 2.81. The van der Waals surface area contributed by atoms with Crippen molar-refractivity contribution in [1.29, 1.82) is 0 Å². The number of benzene rings is 1. The highest BCUT2D eigenvalue weighted by Gasteiger charge is 2.12. The van der Waals surface area contributed by atoms with Crippen LogP contribution in [-0.4, -0.2) is 14.2 Å². The second kappa shape index (κ2) is 4.22. The van der Waals surface area contributed by atoms with E-state index in [1.54, 1.807) is 14.2 Å². The van der Waals surface area contributed by atoms with E-state index in [1.807, 2.05) is 18.2 Å². The maximum absolute atomic E-state index is 5.38. The van der Waals surface area contributed by atoms with Crippen LogP contribution in [0.4, 0.5) is 0 Å². The Morgan fingerprint density at radius 3 is 2.60 bits per heavy atom. The first-order valence-electron chi connectivity index (χ1n) is 4.95. The molecular weight excluding hydrogens is 188 g/mol. The van der Waals surface area contributed by atoms with E-state index in [2.05, 4.69) is 18.2 Å². The fourth-order valence-electron chi connectivity index (χ4n) is 1.77. The van der Waals surface area contributed by atoms with E-state index in [0.29, 0.717) is 0 Å². The molecule has 1 aromatic carbocycles. The largest absolute Gasteiger partial charge is 0.493 e. The highest BCUT2D eigenvalue weighted by atomic mass is 16.5. The van der Waals surface area contributed by atoms with Crippen LogP contribution >= 0.6 is 0 Å². The predicted molar refractivity (Wildman–Crippen MR) is 61.3 cm³/mol. The summed E-state index contributed by atoms with van der Waals surface area (Å²) in [5.74, 6) is 1.58. The normalized spacial score (nSPS) is 13.9. The van der Waals surface area contributed by atoms with Gasteiger partial charge in [-0.05, 0) is 18.1 Å². The van der Waals surface area contributed by atoms with Crippen LogP contribution in [0.3, 0.4) is 0 Å². The van der Waals surface area contributed by atoms with E-state index in [4.69, 9.17) is 9.47 Å². The van der Waals surface area contributed by atoms with Crippen molar-refractivity contribution < 1.29 is 9.47 Å². The summed E-state index contributed by atoms with van der Waals surface area (Å²) in [7, 11) is 3.32. The fourth-order valence-corrected chi connectivity index (χ4v) is 1.77. The Hall–Kier alpha value is -1.70. The van der Waals surface area contributed by atoms with Crippen LogP contribution < -0.4 is 9.47 Å². The lowest BCUT2D eigenvalue weighted by atomic mass is 10.1. The quantitative estimate of drug-likeness (QED) is 0.750. The molecule has 1 aliphatic rings. The van der Waals surface area contributed by atoms with E-state index < -0.39 is 0 Å². The zero-order valence-electron chi connectivity index (χ0n) is 8.99. The molecule has 0 unspecified atom stereocenters. The highest BCUT2D eigenvalue weighted by molar-refractivity contribution is 5.81. The van der Waals surface area contributed by atoms with Crippen LogP contribution in [0.2, 0.25) is 0 Å². The molecule has 0 heterocycles. The van der Waals surface area contributed by atoms with Crippen LogP contribution in [0.25, 0.3) is 5.57 Å². The molecule has 0 aliphatic heterocycles. The number of rotatable bonds is 3. The molecule has 0 spiro atoms. The number of allylic oxidation sites excluding steroid dienone is 4. The van der Waals surface area contributed by atoms with Gasteiger partial charge in [0.1, 0.15) is 0 Å². The molecule has 78 valence electrons. The first kappa shape index (κ1) is 9.84.